The van der Waals surface area contributed by atoms with Gasteiger partial charge in [-0.3, -0.25) is 9.78 Å². The van der Waals surface area contributed by atoms with Crippen LogP contribution in [0.3, 0.4) is 0 Å². The SMILES string of the molecule is CN(C)C[C@H](NC(=O)c1cnccn1)c1ccc(Cl)cc1. The van der Waals surface area contributed by atoms with Gasteiger partial charge in [0, 0.05) is 24.0 Å². The monoisotopic (exact) mass is 304 g/mol. The van der Waals surface area contributed by atoms with Crippen LogP contribution in [0.2, 0.25) is 5.02 Å². The van der Waals surface area contributed by atoms with Crippen molar-refractivity contribution in [2.45, 2.75) is 6.04 Å². The molecule has 0 saturated carbocycles. The minimum absolute atomic E-state index is 0.147. The number of benzene rings is 1. The highest BCUT2D eigenvalue weighted by atomic mass is 35.5. The Bertz CT molecular complexity index is 586. The molecule has 0 aliphatic heterocycles. The molecule has 0 aliphatic rings. The average molecular weight is 305 g/mol. The Morgan fingerprint density at radius 2 is 2.00 bits per heavy atom. The van der Waals surface area contributed by atoms with Gasteiger partial charge in [0.25, 0.3) is 5.91 Å². The molecule has 1 aromatic heterocycles. The molecule has 1 amide bonds. The molecule has 0 spiro atoms. The lowest BCUT2D eigenvalue weighted by Crippen LogP contribution is -2.35. The number of hydrogen-bond acceptors (Lipinski definition) is 4. The topological polar surface area (TPSA) is 58.1 Å². The third kappa shape index (κ3) is 4.51. The van der Waals surface area contributed by atoms with E-state index in [2.05, 4.69) is 15.3 Å². The van der Waals surface area contributed by atoms with E-state index in [0.717, 1.165) is 5.56 Å². The van der Waals surface area contributed by atoms with E-state index in [4.69, 9.17) is 11.6 Å². The second-order valence-electron chi connectivity index (χ2n) is 4.93. The smallest absolute Gasteiger partial charge is 0.272 e. The number of carbonyl (C=O) groups is 1. The summed E-state index contributed by atoms with van der Waals surface area (Å²) in [5, 5.41) is 3.64. The normalized spacial score (nSPS) is 12.2. The molecule has 5 nitrogen and oxygen atoms in total. The molecule has 1 N–H and O–H groups in total. The lowest BCUT2D eigenvalue weighted by Gasteiger charge is -2.22. The molecule has 1 heterocycles. The summed E-state index contributed by atoms with van der Waals surface area (Å²) in [6, 6.07) is 7.30. The number of likely N-dealkylation sites (N-methyl/N-ethyl adjacent to an activating group) is 1. The van der Waals surface area contributed by atoms with E-state index < -0.39 is 0 Å². The second kappa shape index (κ2) is 7.15. The van der Waals surface area contributed by atoms with Crippen molar-refractivity contribution in [3.05, 3.63) is 59.1 Å². The van der Waals surface area contributed by atoms with Crippen LogP contribution < -0.4 is 5.32 Å². The fourth-order valence-corrected chi connectivity index (χ4v) is 2.07. The van der Waals surface area contributed by atoms with E-state index in [0.29, 0.717) is 17.3 Å². The fourth-order valence-electron chi connectivity index (χ4n) is 1.94. The Kier molecular flexibility index (Phi) is 5.25. The van der Waals surface area contributed by atoms with Crippen molar-refractivity contribution >= 4 is 17.5 Å². The predicted octanol–water partition coefficient (Wildman–Crippen LogP) is 2.16. The Morgan fingerprint density at radius 3 is 2.57 bits per heavy atom. The van der Waals surface area contributed by atoms with Crippen LogP contribution in [-0.2, 0) is 0 Å². The van der Waals surface area contributed by atoms with Gasteiger partial charge in [-0.25, -0.2) is 4.98 Å². The summed E-state index contributed by atoms with van der Waals surface area (Å²) < 4.78 is 0. The molecule has 0 saturated heterocycles. The summed E-state index contributed by atoms with van der Waals surface area (Å²) in [5.41, 5.74) is 1.29. The zero-order valence-electron chi connectivity index (χ0n) is 12.0. The first-order valence-electron chi connectivity index (χ1n) is 6.53. The summed E-state index contributed by atoms with van der Waals surface area (Å²) in [6.45, 7) is 0.674. The third-order valence-electron chi connectivity index (χ3n) is 2.92. The van der Waals surface area contributed by atoms with Crippen LogP contribution >= 0.6 is 11.6 Å². The Hall–Kier alpha value is -1.98. The highest BCUT2D eigenvalue weighted by molar-refractivity contribution is 6.30. The summed E-state index contributed by atoms with van der Waals surface area (Å²) in [4.78, 5) is 22.1. The predicted molar refractivity (Wildman–Crippen MR) is 82.2 cm³/mol. The molecule has 0 fully saturated rings. The zero-order chi connectivity index (χ0) is 15.2. The molecule has 1 aromatic carbocycles. The number of nitrogens with zero attached hydrogens (tertiary/aromatic N) is 3. The molecular weight excluding hydrogens is 288 g/mol. The van der Waals surface area contributed by atoms with E-state index in [-0.39, 0.29) is 11.9 Å². The number of nitrogens with one attached hydrogen (secondary N) is 1. The van der Waals surface area contributed by atoms with Crippen molar-refractivity contribution in [1.29, 1.82) is 0 Å². The van der Waals surface area contributed by atoms with Gasteiger partial charge in [0.2, 0.25) is 0 Å². The molecule has 0 aliphatic carbocycles. The molecule has 0 unspecified atom stereocenters. The molecule has 0 bridgehead atoms. The van der Waals surface area contributed by atoms with Crippen molar-refractivity contribution < 1.29 is 4.79 Å². The van der Waals surface area contributed by atoms with Gasteiger partial charge in [0.15, 0.2) is 0 Å². The summed E-state index contributed by atoms with van der Waals surface area (Å²) in [7, 11) is 3.91. The maximum atomic E-state index is 12.2. The lowest BCUT2D eigenvalue weighted by atomic mass is 10.1. The van der Waals surface area contributed by atoms with Gasteiger partial charge in [-0.1, -0.05) is 23.7 Å². The number of halogens is 1. The molecule has 0 radical (unpaired) electrons. The van der Waals surface area contributed by atoms with Crippen molar-refractivity contribution in [2.75, 3.05) is 20.6 Å². The standard InChI is InChI=1S/C15H17ClN4O/c1-20(2)10-14(11-3-5-12(16)6-4-11)19-15(21)13-9-17-7-8-18-13/h3-9,14H,10H2,1-2H3,(H,19,21)/t14-/m0/s1. The van der Waals surface area contributed by atoms with Crippen molar-refractivity contribution in [2.24, 2.45) is 0 Å². The quantitative estimate of drug-likeness (QED) is 0.919. The molecular formula is C15H17ClN4O. The van der Waals surface area contributed by atoms with Gasteiger partial charge in [0.05, 0.1) is 12.2 Å². The van der Waals surface area contributed by atoms with E-state index in [1.165, 1.54) is 18.6 Å². The van der Waals surface area contributed by atoms with Crippen LogP contribution in [0.4, 0.5) is 0 Å². The van der Waals surface area contributed by atoms with E-state index in [1.54, 1.807) is 0 Å². The van der Waals surface area contributed by atoms with E-state index in [1.807, 2.05) is 43.3 Å². The van der Waals surface area contributed by atoms with Gasteiger partial charge in [0.1, 0.15) is 5.69 Å². The summed E-state index contributed by atoms with van der Waals surface area (Å²) >= 11 is 5.91. The minimum Gasteiger partial charge on any atom is -0.343 e. The minimum atomic E-state index is -0.245. The third-order valence-corrected chi connectivity index (χ3v) is 3.17. The van der Waals surface area contributed by atoms with Crippen molar-refractivity contribution in [3.8, 4) is 0 Å². The molecule has 21 heavy (non-hydrogen) atoms. The molecule has 110 valence electrons. The van der Waals surface area contributed by atoms with Crippen LogP contribution in [0.15, 0.2) is 42.9 Å². The highest BCUT2D eigenvalue weighted by Crippen LogP contribution is 2.17. The fraction of sp³-hybridized carbons (Fsp3) is 0.267. The number of amides is 1. The molecule has 2 rings (SSSR count). The molecule has 2 aromatic rings. The van der Waals surface area contributed by atoms with E-state index in [9.17, 15) is 4.79 Å². The number of carbonyl (C=O) groups excluding carboxylic acids is 1. The van der Waals surface area contributed by atoms with Crippen LogP contribution in [0.5, 0.6) is 0 Å². The maximum Gasteiger partial charge on any atom is 0.272 e. The van der Waals surface area contributed by atoms with Gasteiger partial charge in [-0.2, -0.15) is 0 Å². The Labute approximate surface area is 129 Å². The van der Waals surface area contributed by atoms with Gasteiger partial charge < -0.3 is 10.2 Å². The summed E-state index contributed by atoms with van der Waals surface area (Å²) in [5.74, 6) is -0.245. The molecule has 1 atom stereocenters. The van der Waals surface area contributed by atoms with Crippen molar-refractivity contribution in [3.63, 3.8) is 0 Å². The first kappa shape index (κ1) is 15.4. The number of hydrogen-bond donors (Lipinski definition) is 1. The lowest BCUT2D eigenvalue weighted by molar-refractivity contribution is 0.0924. The first-order valence-corrected chi connectivity index (χ1v) is 6.91. The van der Waals surface area contributed by atoms with Gasteiger partial charge in [-0.05, 0) is 31.8 Å². The van der Waals surface area contributed by atoms with Crippen LogP contribution in [0.25, 0.3) is 0 Å². The Morgan fingerprint density at radius 1 is 1.29 bits per heavy atom. The second-order valence-corrected chi connectivity index (χ2v) is 5.37. The first-order chi connectivity index (χ1) is 10.1. The van der Waals surface area contributed by atoms with Crippen molar-refractivity contribution in [1.82, 2.24) is 20.2 Å². The van der Waals surface area contributed by atoms with Crippen LogP contribution in [-0.4, -0.2) is 41.4 Å². The van der Waals surface area contributed by atoms with Gasteiger partial charge in [-0.15, -0.1) is 0 Å². The molecule has 6 heteroatoms. The summed E-state index contributed by atoms with van der Waals surface area (Å²) in [6.07, 6.45) is 4.48. The number of aromatic nitrogens is 2. The van der Waals surface area contributed by atoms with Crippen LogP contribution in [0.1, 0.15) is 22.1 Å². The largest absolute Gasteiger partial charge is 0.343 e. The average Bonchev–Trinajstić information content (AvgIpc) is 2.48. The van der Waals surface area contributed by atoms with Crippen LogP contribution in [0, 0.1) is 0 Å². The maximum absolute atomic E-state index is 12.2. The van der Waals surface area contributed by atoms with Gasteiger partial charge >= 0.3 is 0 Å². The zero-order valence-corrected chi connectivity index (χ0v) is 12.7. The van der Waals surface area contributed by atoms with E-state index >= 15 is 0 Å². The highest BCUT2D eigenvalue weighted by Gasteiger charge is 2.17. The number of rotatable bonds is 5. The Balaban J connectivity index is 2.17.